The van der Waals surface area contributed by atoms with E-state index in [4.69, 9.17) is 23.2 Å². The zero-order valence-corrected chi connectivity index (χ0v) is 19.5. The highest BCUT2D eigenvalue weighted by Crippen LogP contribution is 2.22. The smallest absolute Gasteiger partial charge is 0.254 e. The first-order chi connectivity index (χ1) is 15.2. The summed E-state index contributed by atoms with van der Waals surface area (Å²) in [6, 6.07) is 10.3. The molecule has 2 amide bonds. The summed E-state index contributed by atoms with van der Waals surface area (Å²) in [6.07, 6.45) is -0.730. The summed E-state index contributed by atoms with van der Waals surface area (Å²) >= 11 is 11.7. The number of aliphatic hydroxyl groups is 1. The maximum Gasteiger partial charge on any atom is 0.254 e. The van der Waals surface area contributed by atoms with Gasteiger partial charge in [0.25, 0.3) is 11.8 Å². The van der Waals surface area contributed by atoms with Crippen molar-refractivity contribution >= 4 is 35.0 Å². The quantitative estimate of drug-likeness (QED) is 0.657. The van der Waals surface area contributed by atoms with Crippen LogP contribution in [0.1, 0.15) is 27.6 Å². The highest BCUT2D eigenvalue weighted by molar-refractivity contribution is 6.31. The number of benzene rings is 2. The van der Waals surface area contributed by atoms with Crippen molar-refractivity contribution in [1.82, 2.24) is 14.7 Å². The van der Waals surface area contributed by atoms with Gasteiger partial charge < -0.3 is 14.9 Å². The van der Waals surface area contributed by atoms with E-state index >= 15 is 0 Å². The van der Waals surface area contributed by atoms with Crippen LogP contribution in [-0.2, 0) is 0 Å². The Balaban J connectivity index is 1.60. The summed E-state index contributed by atoms with van der Waals surface area (Å²) in [5, 5.41) is 11.1. The normalized spacial score (nSPS) is 18.3. The molecular weight excluding hydrogens is 456 g/mol. The monoisotopic (exact) mass is 481 g/mol. The van der Waals surface area contributed by atoms with Crippen molar-refractivity contribution in [2.45, 2.75) is 19.1 Å². The summed E-state index contributed by atoms with van der Waals surface area (Å²) in [7, 11) is 1.73. The molecule has 172 valence electrons. The second-order valence-electron chi connectivity index (χ2n) is 7.84. The highest BCUT2D eigenvalue weighted by atomic mass is 35.5. The van der Waals surface area contributed by atoms with Crippen LogP contribution < -0.4 is 0 Å². The number of likely N-dealkylation sites (N-methyl/N-ethyl adjacent to an activating group) is 2. The minimum atomic E-state index is -0.730. The van der Waals surface area contributed by atoms with Crippen molar-refractivity contribution < 1.29 is 19.1 Å². The lowest BCUT2D eigenvalue weighted by atomic mass is 10.1. The van der Waals surface area contributed by atoms with Crippen LogP contribution in [0, 0.1) is 5.82 Å². The molecule has 0 aromatic heterocycles. The summed E-state index contributed by atoms with van der Waals surface area (Å²) in [5.41, 5.74) is 0.830. The van der Waals surface area contributed by atoms with Crippen LogP contribution in [0.25, 0.3) is 0 Å². The number of halogens is 3. The fourth-order valence-electron chi connectivity index (χ4n) is 3.86. The number of nitrogens with zero attached hydrogens (tertiary/aromatic N) is 3. The number of likely N-dealkylation sites (tertiary alicyclic amines) is 1. The Bertz CT molecular complexity index is 973. The van der Waals surface area contributed by atoms with Crippen LogP contribution in [-0.4, -0.2) is 83.5 Å². The molecule has 2 aromatic rings. The summed E-state index contributed by atoms with van der Waals surface area (Å²) in [5.74, 6) is -1.01. The first-order valence-electron chi connectivity index (χ1n) is 10.4. The van der Waals surface area contributed by atoms with Crippen molar-refractivity contribution in [1.29, 1.82) is 0 Å². The topological polar surface area (TPSA) is 64.1 Å². The molecule has 1 aliphatic heterocycles. The Hall–Kier alpha value is -2.19. The number of aliphatic hydroxyl groups excluding tert-OH is 1. The molecule has 32 heavy (non-hydrogen) atoms. The zero-order chi connectivity index (χ0) is 23.4. The van der Waals surface area contributed by atoms with Gasteiger partial charge in [0, 0.05) is 49.4 Å². The van der Waals surface area contributed by atoms with Gasteiger partial charge in [-0.2, -0.15) is 0 Å². The van der Waals surface area contributed by atoms with E-state index in [1.165, 1.54) is 12.1 Å². The van der Waals surface area contributed by atoms with Crippen LogP contribution in [0.3, 0.4) is 0 Å². The van der Waals surface area contributed by atoms with E-state index in [1.54, 1.807) is 41.1 Å². The molecule has 0 aliphatic carbocycles. The van der Waals surface area contributed by atoms with Gasteiger partial charge in [-0.05, 0) is 49.0 Å². The molecule has 1 fully saturated rings. The lowest BCUT2D eigenvalue weighted by Crippen LogP contribution is -2.47. The Morgan fingerprint density at radius 1 is 1.09 bits per heavy atom. The number of rotatable bonds is 7. The first kappa shape index (κ1) is 24.5. The summed E-state index contributed by atoms with van der Waals surface area (Å²) in [4.78, 5) is 30.6. The van der Waals surface area contributed by atoms with Crippen LogP contribution in [0.2, 0.25) is 10.0 Å². The third-order valence-electron chi connectivity index (χ3n) is 5.75. The van der Waals surface area contributed by atoms with Gasteiger partial charge in [0.05, 0.1) is 17.2 Å². The van der Waals surface area contributed by atoms with Crippen LogP contribution >= 0.6 is 23.2 Å². The number of carbonyl (C=O) groups is 2. The second-order valence-corrected chi connectivity index (χ2v) is 8.68. The van der Waals surface area contributed by atoms with E-state index in [0.29, 0.717) is 36.8 Å². The average molecular weight is 482 g/mol. The molecule has 3 rings (SSSR count). The molecule has 9 heteroatoms. The number of β-amino-alcohol motifs (C(OH)–C–C–N with tert-alkyl or cyclic N) is 1. The molecule has 0 spiro atoms. The van der Waals surface area contributed by atoms with E-state index in [9.17, 15) is 19.1 Å². The van der Waals surface area contributed by atoms with Crippen molar-refractivity contribution in [2.75, 3.05) is 39.8 Å². The standard InChI is InChI=1S/C23H26Cl2FN3O3/c1-3-28(11-10-27(2)22(31)15-4-7-17(24)8-5-15)20-13-29(14-21(20)30)23(32)16-6-9-19(26)18(25)12-16/h4-9,12,20-21,30H,3,10-11,13-14H2,1-2H3/t20-,21-/m1/s1. The molecule has 1 N–H and O–H groups in total. The van der Waals surface area contributed by atoms with Gasteiger partial charge in [0.2, 0.25) is 0 Å². The Morgan fingerprint density at radius 3 is 2.38 bits per heavy atom. The SMILES string of the molecule is CCN(CCN(C)C(=O)c1ccc(Cl)cc1)[C@@H]1CN(C(=O)c2ccc(F)c(Cl)c2)C[C@H]1O. The average Bonchev–Trinajstić information content (AvgIpc) is 3.17. The van der Waals surface area contributed by atoms with E-state index in [1.807, 2.05) is 6.92 Å². The zero-order valence-electron chi connectivity index (χ0n) is 18.0. The third kappa shape index (κ3) is 5.59. The van der Waals surface area contributed by atoms with Gasteiger partial charge in [0.15, 0.2) is 0 Å². The largest absolute Gasteiger partial charge is 0.390 e. The van der Waals surface area contributed by atoms with Gasteiger partial charge in [0.1, 0.15) is 5.82 Å². The van der Waals surface area contributed by atoms with Gasteiger partial charge >= 0.3 is 0 Å². The van der Waals surface area contributed by atoms with Crippen molar-refractivity contribution in [2.24, 2.45) is 0 Å². The van der Waals surface area contributed by atoms with E-state index in [0.717, 1.165) is 6.07 Å². The molecule has 2 atom stereocenters. The highest BCUT2D eigenvalue weighted by Gasteiger charge is 2.37. The Kier molecular flexibility index (Phi) is 8.11. The predicted molar refractivity (Wildman–Crippen MR) is 123 cm³/mol. The number of amides is 2. The van der Waals surface area contributed by atoms with Gasteiger partial charge in [-0.15, -0.1) is 0 Å². The maximum absolute atomic E-state index is 13.4. The molecule has 2 aromatic carbocycles. The number of hydrogen-bond donors (Lipinski definition) is 1. The van der Waals surface area contributed by atoms with Gasteiger partial charge in [-0.25, -0.2) is 4.39 Å². The molecule has 1 aliphatic rings. The molecule has 1 saturated heterocycles. The van der Waals surface area contributed by atoms with Gasteiger partial charge in [-0.1, -0.05) is 30.1 Å². The molecule has 0 saturated carbocycles. The van der Waals surface area contributed by atoms with E-state index in [-0.39, 0.29) is 35.0 Å². The van der Waals surface area contributed by atoms with E-state index in [2.05, 4.69) is 4.90 Å². The molecule has 0 bridgehead atoms. The molecule has 0 radical (unpaired) electrons. The summed E-state index contributed by atoms with van der Waals surface area (Å²) in [6.45, 7) is 4.12. The van der Waals surface area contributed by atoms with E-state index < -0.39 is 11.9 Å². The fraction of sp³-hybridized carbons (Fsp3) is 0.391. The first-order valence-corrected chi connectivity index (χ1v) is 11.1. The van der Waals surface area contributed by atoms with Gasteiger partial charge in [-0.3, -0.25) is 14.5 Å². The Labute approximate surface area is 197 Å². The summed E-state index contributed by atoms with van der Waals surface area (Å²) < 4.78 is 13.4. The van der Waals surface area contributed by atoms with Crippen molar-refractivity contribution in [3.8, 4) is 0 Å². The third-order valence-corrected chi connectivity index (χ3v) is 6.29. The van der Waals surface area contributed by atoms with Crippen LogP contribution in [0.4, 0.5) is 4.39 Å². The maximum atomic E-state index is 13.4. The van der Waals surface area contributed by atoms with Crippen molar-refractivity contribution in [3.63, 3.8) is 0 Å². The number of hydrogen-bond acceptors (Lipinski definition) is 4. The predicted octanol–water partition coefficient (Wildman–Crippen LogP) is 3.41. The molecule has 6 nitrogen and oxygen atoms in total. The molecular formula is C23H26Cl2FN3O3. The Morgan fingerprint density at radius 2 is 1.75 bits per heavy atom. The number of carbonyl (C=O) groups excluding carboxylic acids is 2. The van der Waals surface area contributed by atoms with Crippen LogP contribution in [0.15, 0.2) is 42.5 Å². The minimum Gasteiger partial charge on any atom is -0.390 e. The lowest BCUT2D eigenvalue weighted by Gasteiger charge is -2.31. The second kappa shape index (κ2) is 10.6. The molecule has 0 unspecified atom stereocenters. The van der Waals surface area contributed by atoms with Crippen LogP contribution in [0.5, 0.6) is 0 Å². The fourth-order valence-corrected chi connectivity index (χ4v) is 4.16. The lowest BCUT2D eigenvalue weighted by molar-refractivity contribution is 0.0676. The minimum absolute atomic E-state index is 0.115. The van der Waals surface area contributed by atoms with Crippen molar-refractivity contribution in [3.05, 3.63) is 69.5 Å². The molecule has 1 heterocycles.